The molecule has 1 N–H and O–H groups in total. The summed E-state index contributed by atoms with van der Waals surface area (Å²) in [6, 6.07) is 19.3. The largest absolute Gasteiger partial charge is 0.493 e. The van der Waals surface area contributed by atoms with Gasteiger partial charge < -0.3 is 14.8 Å². The molecule has 30 heavy (non-hydrogen) atoms. The zero-order chi connectivity index (χ0) is 20.6. The van der Waals surface area contributed by atoms with Crippen LogP contribution in [0.1, 0.15) is 16.7 Å². The van der Waals surface area contributed by atoms with E-state index in [1.165, 1.54) is 5.56 Å². The van der Waals surface area contributed by atoms with E-state index in [2.05, 4.69) is 5.32 Å². The maximum atomic E-state index is 6.06. The van der Waals surface area contributed by atoms with E-state index in [1.54, 1.807) is 19.2 Å². The number of benzene rings is 3. The van der Waals surface area contributed by atoms with Gasteiger partial charge >= 0.3 is 0 Å². The third kappa shape index (κ3) is 7.26. The molecule has 0 fully saturated rings. The number of rotatable bonds is 9. The van der Waals surface area contributed by atoms with Crippen LogP contribution in [0.4, 0.5) is 0 Å². The molecule has 0 radical (unpaired) electrons. The fraction of sp³-hybridized carbons (Fsp3) is 0.217. The summed E-state index contributed by atoms with van der Waals surface area (Å²) in [5.41, 5.74) is 3.32. The third-order valence-electron chi connectivity index (χ3n) is 4.44. The first-order valence-electron chi connectivity index (χ1n) is 9.24. The minimum atomic E-state index is 0. The lowest BCUT2D eigenvalue weighted by atomic mass is 10.1. The summed E-state index contributed by atoms with van der Waals surface area (Å²) in [7, 11) is 1.64. The molecule has 0 unspecified atom stereocenters. The second-order valence-electron chi connectivity index (χ2n) is 6.58. The third-order valence-corrected chi connectivity index (χ3v) is 5.43. The van der Waals surface area contributed by atoms with Gasteiger partial charge in [-0.1, -0.05) is 59.1 Å². The first kappa shape index (κ1) is 24.6. The van der Waals surface area contributed by atoms with Crippen LogP contribution in [-0.4, -0.2) is 13.7 Å². The van der Waals surface area contributed by atoms with Crippen LogP contribution in [0.5, 0.6) is 11.5 Å². The molecule has 0 bridgehead atoms. The summed E-state index contributed by atoms with van der Waals surface area (Å²) in [6.07, 6.45) is 0.944. The van der Waals surface area contributed by atoms with Crippen molar-refractivity contribution in [3.63, 3.8) is 0 Å². The molecule has 0 aliphatic carbocycles. The van der Waals surface area contributed by atoms with Crippen molar-refractivity contribution in [3.05, 3.63) is 92.4 Å². The molecule has 3 rings (SSSR count). The highest BCUT2D eigenvalue weighted by Crippen LogP contribution is 2.30. The lowest BCUT2D eigenvalue weighted by Crippen LogP contribution is -2.16. The van der Waals surface area contributed by atoms with Gasteiger partial charge in [0.15, 0.2) is 11.5 Å². The minimum absolute atomic E-state index is 0. The number of methoxy groups -OCH3 is 1. The Balaban J connectivity index is 0.00000320. The predicted octanol–water partition coefficient (Wildman–Crippen LogP) is 6.99. The van der Waals surface area contributed by atoms with E-state index in [4.69, 9.17) is 44.3 Å². The number of ether oxygens (including phenoxy) is 2. The van der Waals surface area contributed by atoms with Crippen LogP contribution in [0, 0.1) is 0 Å². The first-order chi connectivity index (χ1) is 14.0. The Hall–Kier alpha value is -1.62. The average Bonchev–Trinajstić information content (AvgIpc) is 2.73. The van der Waals surface area contributed by atoms with Crippen molar-refractivity contribution in [2.75, 3.05) is 13.7 Å². The number of hydrogen-bond donors (Lipinski definition) is 1. The maximum Gasteiger partial charge on any atom is 0.161 e. The molecule has 3 aromatic carbocycles. The van der Waals surface area contributed by atoms with Crippen molar-refractivity contribution in [1.82, 2.24) is 5.32 Å². The van der Waals surface area contributed by atoms with Crippen molar-refractivity contribution in [2.45, 2.75) is 19.6 Å². The van der Waals surface area contributed by atoms with E-state index in [-0.39, 0.29) is 12.4 Å². The zero-order valence-corrected chi connectivity index (χ0v) is 19.5. The van der Waals surface area contributed by atoms with E-state index < -0.39 is 0 Å². The maximum absolute atomic E-state index is 6.06. The van der Waals surface area contributed by atoms with Gasteiger partial charge in [0.1, 0.15) is 6.61 Å². The monoisotopic (exact) mass is 485 g/mol. The Morgan fingerprint density at radius 3 is 2.17 bits per heavy atom. The lowest BCUT2D eigenvalue weighted by molar-refractivity contribution is 0.284. The molecule has 0 aliphatic rings. The number of hydrogen-bond acceptors (Lipinski definition) is 3. The highest BCUT2D eigenvalue weighted by molar-refractivity contribution is 6.42. The van der Waals surface area contributed by atoms with Crippen LogP contribution < -0.4 is 14.8 Å². The summed E-state index contributed by atoms with van der Waals surface area (Å²) in [4.78, 5) is 0. The van der Waals surface area contributed by atoms with Crippen molar-refractivity contribution in [3.8, 4) is 11.5 Å². The van der Waals surface area contributed by atoms with Crippen LogP contribution in [-0.2, 0) is 19.6 Å². The van der Waals surface area contributed by atoms with Crippen molar-refractivity contribution in [1.29, 1.82) is 0 Å². The Morgan fingerprint density at radius 2 is 1.47 bits per heavy atom. The smallest absolute Gasteiger partial charge is 0.161 e. The quantitative estimate of drug-likeness (QED) is 0.330. The SMILES string of the molecule is COc1cc(CNCCc2ccc(Cl)cc2)ccc1OCc1ccc(Cl)c(Cl)c1.Cl. The van der Waals surface area contributed by atoms with Crippen molar-refractivity contribution < 1.29 is 9.47 Å². The fourth-order valence-corrected chi connectivity index (χ4v) is 3.29. The van der Waals surface area contributed by atoms with Crippen LogP contribution in [0.3, 0.4) is 0 Å². The van der Waals surface area contributed by atoms with Crippen molar-refractivity contribution in [2.24, 2.45) is 0 Å². The molecule has 3 aromatic rings. The summed E-state index contributed by atoms with van der Waals surface area (Å²) < 4.78 is 11.4. The Labute approximate surface area is 198 Å². The van der Waals surface area contributed by atoms with E-state index in [9.17, 15) is 0 Å². The second-order valence-corrected chi connectivity index (χ2v) is 7.83. The molecule has 0 spiro atoms. The highest BCUT2D eigenvalue weighted by Gasteiger charge is 2.07. The van der Waals surface area contributed by atoms with Gasteiger partial charge in [-0.15, -0.1) is 12.4 Å². The second kappa shape index (κ2) is 12.3. The molecule has 3 nitrogen and oxygen atoms in total. The first-order valence-corrected chi connectivity index (χ1v) is 10.4. The molecule has 160 valence electrons. The average molecular weight is 487 g/mol. The Bertz CT molecular complexity index is 948. The normalized spacial score (nSPS) is 10.4. The van der Waals surface area contributed by atoms with E-state index in [0.717, 1.165) is 35.7 Å². The molecule has 0 aliphatic heterocycles. The number of nitrogens with one attached hydrogen (secondary N) is 1. The van der Waals surface area contributed by atoms with Gasteiger partial charge in [0, 0.05) is 11.6 Å². The molecule has 7 heteroatoms. The van der Waals surface area contributed by atoms with E-state index in [1.807, 2.05) is 48.5 Å². The van der Waals surface area contributed by atoms with Crippen LogP contribution in [0.25, 0.3) is 0 Å². The molecule has 0 heterocycles. The lowest BCUT2D eigenvalue weighted by Gasteiger charge is -2.13. The van der Waals surface area contributed by atoms with Crippen LogP contribution in [0.15, 0.2) is 60.7 Å². The van der Waals surface area contributed by atoms with Gasteiger partial charge in [-0.25, -0.2) is 0 Å². The molecular weight excluding hydrogens is 464 g/mol. The minimum Gasteiger partial charge on any atom is -0.493 e. The molecule has 0 aromatic heterocycles. The van der Waals surface area contributed by atoms with Crippen LogP contribution >= 0.6 is 47.2 Å². The van der Waals surface area contributed by atoms with Gasteiger partial charge in [0.2, 0.25) is 0 Å². The van der Waals surface area contributed by atoms with Crippen LogP contribution in [0.2, 0.25) is 15.1 Å². The topological polar surface area (TPSA) is 30.5 Å². The predicted molar refractivity (Wildman–Crippen MR) is 128 cm³/mol. The van der Waals surface area contributed by atoms with Gasteiger partial charge in [0.05, 0.1) is 17.2 Å². The molecular formula is C23H23Cl4NO2. The Morgan fingerprint density at radius 1 is 0.767 bits per heavy atom. The van der Waals surface area contributed by atoms with Gasteiger partial charge in [-0.3, -0.25) is 0 Å². The molecule has 0 saturated heterocycles. The molecule has 0 atom stereocenters. The Kier molecular flexibility index (Phi) is 10.1. The summed E-state index contributed by atoms with van der Waals surface area (Å²) in [5, 5.41) is 5.25. The standard InChI is InChI=1S/C23H22Cl3NO2.ClH/c1-28-23-13-17(14-27-11-10-16-2-6-19(24)7-3-16)5-9-22(23)29-15-18-4-8-20(25)21(26)12-18;/h2-9,12-13,27H,10-11,14-15H2,1H3;1H. The summed E-state index contributed by atoms with van der Waals surface area (Å²) >= 11 is 17.9. The number of halogens is 4. The summed E-state index contributed by atoms with van der Waals surface area (Å²) in [5.74, 6) is 1.38. The van der Waals surface area contributed by atoms with Gasteiger partial charge in [0.25, 0.3) is 0 Å². The van der Waals surface area contributed by atoms with Crippen molar-refractivity contribution >= 4 is 47.2 Å². The summed E-state index contributed by atoms with van der Waals surface area (Å²) in [6.45, 7) is 2.00. The van der Waals surface area contributed by atoms with E-state index in [0.29, 0.717) is 28.2 Å². The molecule has 0 saturated carbocycles. The van der Waals surface area contributed by atoms with Gasteiger partial charge in [-0.2, -0.15) is 0 Å². The zero-order valence-electron chi connectivity index (χ0n) is 16.5. The van der Waals surface area contributed by atoms with Gasteiger partial charge in [-0.05, 0) is 66.1 Å². The molecule has 0 amide bonds. The highest BCUT2D eigenvalue weighted by atomic mass is 35.5. The fourth-order valence-electron chi connectivity index (χ4n) is 2.85. The van der Waals surface area contributed by atoms with E-state index >= 15 is 0 Å².